The van der Waals surface area contributed by atoms with E-state index in [1.165, 1.54) is 25.1 Å². The fourth-order valence-electron chi connectivity index (χ4n) is 3.05. The molecule has 1 aliphatic carbocycles. The van der Waals surface area contributed by atoms with Crippen LogP contribution in [-0.4, -0.2) is 16.7 Å². The van der Waals surface area contributed by atoms with Crippen molar-refractivity contribution in [2.24, 2.45) is 11.8 Å². The lowest BCUT2D eigenvalue weighted by Crippen LogP contribution is -2.17. The maximum absolute atomic E-state index is 14.1. The summed E-state index contributed by atoms with van der Waals surface area (Å²) in [5.41, 5.74) is -1.15. The van der Waals surface area contributed by atoms with E-state index in [2.05, 4.69) is 0 Å². The Morgan fingerprint density at radius 3 is 2.62 bits per heavy atom. The molecule has 3 rings (SSSR count). The van der Waals surface area contributed by atoms with E-state index in [9.17, 15) is 19.6 Å². The highest BCUT2D eigenvalue weighted by atomic mass is 35.5. The van der Waals surface area contributed by atoms with Crippen molar-refractivity contribution in [3.05, 3.63) is 70.5 Å². The number of para-hydroxylation sites is 1. The summed E-state index contributed by atoms with van der Waals surface area (Å²) in [5.74, 6) is -2.65. The number of nitriles is 1. The molecule has 2 aromatic rings. The van der Waals surface area contributed by atoms with Gasteiger partial charge >= 0.3 is 5.97 Å². The fourth-order valence-corrected chi connectivity index (χ4v) is 3.32. The van der Waals surface area contributed by atoms with Gasteiger partial charge in [-0.05, 0) is 37.3 Å². The van der Waals surface area contributed by atoms with E-state index >= 15 is 0 Å². The zero-order chi connectivity index (χ0) is 21.2. The van der Waals surface area contributed by atoms with Crippen molar-refractivity contribution >= 4 is 29.2 Å². The summed E-state index contributed by atoms with van der Waals surface area (Å²) in [6.07, 6.45) is 0.0360. The topological polar surface area (TPSA) is 79.5 Å². The van der Waals surface area contributed by atoms with E-state index in [0.717, 1.165) is 6.07 Å². The normalized spacial score (nSPS) is 23.4. The lowest BCUT2D eigenvalue weighted by atomic mass is 10.1. The van der Waals surface area contributed by atoms with E-state index in [0.29, 0.717) is 5.75 Å². The molecule has 29 heavy (non-hydrogen) atoms. The zero-order valence-electron chi connectivity index (χ0n) is 15.2. The lowest BCUT2D eigenvalue weighted by molar-refractivity contribution is -0.150. The van der Waals surface area contributed by atoms with Crippen molar-refractivity contribution in [2.75, 3.05) is 0 Å². The summed E-state index contributed by atoms with van der Waals surface area (Å²) in [7, 11) is 0. The summed E-state index contributed by atoms with van der Waals surface area (Å²) in [6.45, 7) is 1.45. The summed E-state index contributed by atoms with van der Waals surface area (Å²) in [6, 6.07) is 14.2. The minimum atomic E-state index is -1.38. The molecule has 0 amide bonds. The number of aliphatic hydroxyl groups is 1. The quantitative estimate of drug-likeness (QED) is 0.642. The first-order chi connectivity index (χ1) is 13.7. The molecule has 1 aliphatic rings. The average Bonchev–Trinajstić information content (AvgIpc) is 3.21. The number of nitrogens with zero attached hydrogens (tertiary/aromatic N) is 1. The Morgan fingerprint density at radius 1 is 1.31 bits per heavy atom. The molecule has 5 nitrogen and oxygen atoms in total. The number of benzene rings is 2. The van der Waals surface area contributed by atoms with Gasteiger partial charge in [-0.15, -0.1) is 0 Å². The molecule has 8 heteroatoms. The highest BCUT2D eigenvalue weighted by molar-refractivity contribution is 6.55. The second-order valence-electron chi connectivity index (χ2n) is 6.74. The summed E-state index contributed by atoms with van der Waals surface area (Å²) in [4.78, 5) is 12.4. The smallest absolute Gasteiger partial charge is 0.314 e. The molecule has 0 heterocycles. The van der Waals surface area contributed by atoms with Crippen molar-refractivity contribution in [3.8, 4) is 17.6 Å². The summed E-state index contributed by atoms with van der Waals surface area (Å²) < 4.78 is 24.8. The van der Waals surface area contributed by atoms with Gasteiger partial charge in [0, 0.05) is 11.5 Å². The molecule has 0 bridgehead atoms. The third-order valence-corrected chi connectivity index (χ3v) is 4.95. The van der Waals surface area contributed by atoms with Crippen LogP contribution in [-0.2, 0) is 9.53 Å². The minimum Gasteiger partial charge on any atom is -0.454 e. The Morgan fingerprint density at radius 2 is 2.00 bits per heavy atom. The van der Waals surface area contributed by atoms with Crippen LogP contribution in [0.4, 0.5) is 4.39 Å². The molecule has 0 aliphatic heterocycles. The van der Waals surface area contributed by atoms with Gasteiger partial charge in [0.25, 0.3) is 0 Å². The van der Waals surface area contributed by atoms with E-state index in [1.807, 2.05) is 6.07 Å². The van der Waals surface area contributed by atoms with Crippen molar-refractivity contribution < 1.29 is 23.8 Å². The summed E-state index contributed by atoms with van der Waals surface area (Å²) >= 11 is 11.2. The average molecular weight is 436 g/mol. The first-order valence-electron chi connectivity index (χ1n) is 8.61. The Labute approximate surface area is 176 Å². The maximum Gasteiger partial charge on any atom is 0.314 e. The molecule has 0 spiro atoms. The van der Waals surface area contributed by atoms with Crippen LogP contribution in [0.1, 0.15) is 18.6 Å². The van der Waals surface area contributed by atoms with E-state index in [-0.39, 0.29) is 15.8 Å². The van der Waals surface area contributed by atoms with Crippen LogP contribution in [0.3, 0.4) is 0 Å². The van der Waals surface area contributed by atoms with Gasteiger partial charge in [-0.1, -0.05) is 47.5 Å². The second-order valence-corrected chi connectivity index (χ2v) is 7.74. The lowest BCUT2D eigenvalue weighted by Gasteiger charge is -2.14. The first kappa shape index (κ1) is 21.1. The predicted molar refractivity (Wildman–Crippen MR) is 105 cm³/mol. The molecule has 1 fully saturated rings. The van der Waals surface area contributed by atoms with Crippen LogP contribution in [0.5, 0.6) is 11.5 Å². The third kappa shape index (κ3) is 4.70. The predicted octanol–water partition coefficient (Wildman–Crippen LogP) is 5.04. The first-order valence-corrected chi connectivity index (χ1v) is 9.37. The number of hydrogen-bond acceptors (Lipinski definition) is 5. The Hall–Kier alpha value is -2.59. The number of carbonyl (C=O) groups is 1. The molecule has 1 saturated carbocycles. The molecular weight excluding hydrogens is 420 g/mol. The van der Waals surface area contributed by atoms with Gasteiger partial charge < -0.3 is 14.6 Å². The van der Waals surface area contributed by atoms with E-state index < -0.39 is 35.3 Å². The van der Waals surface area contributed by atoms with Crippen molar-refractivity contribution in [1.82, 2.24) is 0 Å². The van der Waals surface area contributed by atoms with Gasteiger partial charge in [0.1, 0.15) is 16.3 Å². The SMILES string of the molecule is CC1(O)C(C=C(Cl)Cl)C1C(=O)OC(C#N)c1ccc(F)c(Oc2ccccc2)c1. The largest absolute Gasteiger partial charge is 0.454 e. The van der Waals surface area contributed by atoms with Gasteiger partial charge in [0.15, 0.2) is 11.6 Å². The fraction of sp³-hybridized carbons (Fsp3) is 0.238. The van der Waals surface area contributed by atoms with Crippen LogP contribution in [0.2, 0.25) is 0 Å². The molecule has 1 N–H and O–H groups in total. The van der Waals surface area contributed by atoms with Crippen molar-refractivity contribution in [1.29, 1.82) is 5.26 Å². The Kier molecular flexibility index (Phi) is 6.13. The van der Waals surface area contributed by atoms with E-state index in [1.54, 1.807) is 30.3 Å². The third-order valence-electron chi connectivity index (χ3n) is 4.69. The van der Waals surface area contributed by atoms with Crippen LogP contribution in [0, 0.1) is 29.0 Å². The second kappa shape index (κ2) is 8.42. The van der Waals surface area contributed by atoms with Crippen molar-refractivity contribution in [2.45, 2.75) is 18.6 Å². The molecular formula is C21H16Cl2FNO4. The van der Waals surface area contributed by atoms with Gasteiger partial charge in [-0.2, -0.15) is 5.26 Å². The van der Waals surface area contributed by atoms with Gasteiger partial charge in [-0.25, -0.2) is 4.39 Å². The number of halogens is 3. The monoisotopic (exact) mass is 435 g/mol. The number of ether oxygens (including phenoxy) is 2. The van der Waals surface area contributed by atoms with Gasteiger partial charge in [-0.3, -0.25) is 4.79 Å². The number of carbonyl (C=O) groups excluding carboxylic acids is 1. The standard InChI is InChI=1S/C21H16Cl2FNO4/c1-21(27)14(10-18(22)23)19(21)20(26)29-17(11-25)12-7-8-15(24)16(9-12)28-13-5-3-2-4-6-13/h2-10,14,17,19,27H,1H3. The molecule has 0 radical (unpaired) electrons. The van der Waals surface area contributed by atoms with Crippen LogP contribution < -0.4 is 4.74 Å². The molecule has 150 valence electrons. The van der Waals surface area contributed by atoms with Crippen LogP contribution >= 0.6 is 23.2 Å². The van der Waals surface area contributed by atoms with Crippen LogP contribution in [0.25, 0.3) is 0 Å². The highest BCUT2D eigenvalue weighted by Gasteiger charge is 2.64. The molecule has 0 aromatic heterocycles. The number of hydrogen-bond donors (Lipinski definition) is 1. The maximum atomic E-state index is 14.1. The number of esters is 1. The highest BCUT2D eigenvalue weighted by Crippen LogP contribution is 2.53. The summed E-state index contributed by atoms with van der Waals surface area (Å²) in [5, 5.41) is 19.7. The minimum absolute atomic E-state index is 0.0800. The molecule has 4 unspecified atom stereocenters. The van der Waals surface area contributed by atoms with Gasteiger partial charge in [0.05, 0.1) is 11.5 Å². The molecule has 2 aromatic carbocycles. The van der Waals surface area contributed by atoms with E-state index in [4.69, 9.17) is 32.7 Å². The van der Waals surface area contributed by atoms with Gasteiger partial charge in [0.2, 0.25) is 6.10 Å². The van der Waals surface area contributed by atoms with Crippen LogP contribution in [0.15, 0.2) is 59.1 Å². The Bertz CT molecular complexity index is 984. The molecule has 0 saturated heterocycles. The number of rotatable bonds is 6. The zero-order valence-corrected chi connectivity index (χ0v) is 16.7. The Balaban J connectivity index is 1.77. The van der Waals surface area contributed by atoms with Crippen molar-refractivity contribution in [3.63, 3.8) is 0 Å². The molecule has 4 atom stereocenters.